The Kier molecular flexibility index (Phi) is 2.86. The molecule has 0 spiro atoms. The maximum absolute atomic E-state index is 11.5. The van der Waals surface area contributed by atoms with E-state index in [1.54, 1.807) is 0 Å². The van der Waals surface area contributed by atoms with Crippen molar-refractivity contribution in [3.8, 4) is 0 Å². The Morgan fingerprint density at radius 1 is 1.20 bits per heavy atom. The summed E-state index contributed by atoms with van der Waals surface area (Å²) < 4.78 is 0. The van der Waals surface area contributed by atoms with E-state index in [1.807, 2.05) is 30.3 Å². The van der Waals surface area contributed by atoms with Gasteiger partial charge in [-0.1, -0.05) is 23.8 Å². The third-order valence-electron chi connectivity index (χ3n) is 2.59. The van der Waals surface area contributed by atoms with Gasteiger partial charge in [-0.25, -0.2) is 0 Å². The topological polar surface area (TPSA) is 29.1 Å². The summed E-state index contributed by atoms with van der Waals surface area (Å²) in [6.45, 7) is 2.05. The number of hydrogen-bond donors (Lipinski definition) is 1. The zero-order valence-electron chi connectivity index (χ0n) is 8.92. The van der Waals surface area contributed by atoms with Gasteiger partial charge in [0.2, 0.25) is 0 Å². The van der Waals surface area contributed by atoms with Crippen LogP contribution in [0.25, 0.3) is 0 Å². The Morgan fingerprint density at radius 2 is 1.93 bits per heavy atom. The number of ketones is 1. The lowest BCUT2D eigenvalue weighted by molar-refractivity contribution is -0.115. The van der Waals surface area contributed by atoms with Crippen molar-refractivity contribution in [3.05, 3.63) is 41.6 Å². The van der Waals surface area contributed by atoms with Crippen molar-refractivity contribution in [1.29, 1.82) is 0 Å². The minimum absolute atomic E-state index is 0.224. The Bertz CT molecular complexity index is 390. The van der Waals surface area contributed by atoms with Gasteiger partial charge in [0.15, 0.2) is 5.78 Å². The average Bonchev–Trinajstić information content (AvgIpc) is 2.25. The van der Waals surface area contributed by atoms with Crippen LogP contribution in [0.15, 0.2) is 36.0 Å². The number of benzene rings is 1. The normalized spacial score (nSPS) is 16.1. The summed E-state index contributed by atoms with van der Waals surface area (Å²) in [5.41, 5.74) is 2.97. The molecule has 1 aliphatic carbocycles. The van der Waals surface area contributed by atoms with Crippen LogP contribution < -0.4 is 5.32 Å². The van der Waals surface area contributed by atoms with Crippen molar-refractivity contribution in [3.63, 3.8) is 0 Å². The summed E-state index contributed by atoms with van der Waals surface area (Å²) in [5.74, 6) is 0.224. The first-order valence-corrected chi connectivity index (χ1v) is 5.33. The molecule has 1 aromatic rings. The number of Topliss-reactive ketones (excluding diaryl/α,β-unsaturated/α-hetero) is 1. The maximum Gasteiger partial charge on any atom is 0.178 e. The lowest BCUT2D eigenvalue weighted by atomic mass is 10.0. The molecule has 0 unspecified atom stereocenters. The highest BCUT2D eigenvalue weighted by molar-refractivity contribution is 5.98. The zero-order chi connectivity index (χ0) is 10.7. The van der Waals surface area contributed by atoms with E-state index < -0.39 is 0 Å². The van der Waals surface area contributed by atoms with Gasteiger partial charge in [0.25, 0.3) is 0 Å². The Balaban J connectivity index is 2.11. The van der Waals surface area contributed by atoms with E-state index in [-0.39, 0.29) is 5.78 Å². The van der Waals surface area contributed by atoms with Gasteiger partial charge >= 0.3 is 0 Å². The summed E-state index contributed by atoms with van der Waals surface area (Å²) >= 11 is 0. The Labute approximate surface area is 90.0 Å². The third-order valence-corrected chi connectivity index (χ3v) is 2.59. The van der Waals surface area contributed by atoms with E-state index in [1.165, 1.54) is 5.56 Å². The molecule has 1 aromatic carbocycles. The summed E-state index contributed by atoms with van der Waals surface area (Å²) in [7, 11) is 0. The Hall–Kier alpha value is -1.57. The molecule has 2 heteroatoms. The second kappa shape index (κ2) is 4.30. The molecular weight excluding hydrogens is 186 g/mol. The van der Waals surface area contributed by atoms with Crippen LogP contribution in [0.5, 0.6) is 0 Å². The minimum atomic E-state index is 0.224. The largest absolute Gasteiger partial charge is 0.353 e. The van der Waals surface area contributed by atoms with Crippen LogP contribution in [-0.4, -0.2) is 5.78 Å². The molecule has 1 N–H and O–H groups in total. The van der Waals surface area contributed by atoms with Crippen LogP contribution in [0.4, 0.5) is 5.69 Å². The highest BCUT2D eigenvalue weighted by Crippen LogP contribution is 2.17. The van der Waals surface area contributed by atoms with Crippen LogP contribution in [0.2, 0.25) is 0 Å². The molecule has 0 atom stereocenters. The van der Waals surface area contributed by atoms with E-state index in [2.05, 4.69) is 12.2 Å². The lowest BCUT2D eigenvalue weighted by Gasteiger charge is -2.13. The van der Waals surface area contributed by atoms with E-state index in [0.29, 0.717) is 6.42 Å². The predicted molar refractivity (Wildman–Crippen MR) is 61.7 cm³/mol. The fourth-order valence-electron chi connectivity index (χ4n) is 1.67. The lowest BCUT2D eigenvalue weighted by Crippen LogP contribution is -2.14. The van der Waals surface area contributed by atoms with Crippen molar-refractivity contribution >= 4 is 11.5 Å². The molecule has 0 saturated carbocycles. The molecular formula is C13H15NO. The summed E-state index contributed by atoms with van der Waals surface area (Å²) in [6, 6.07) is 8.07. The number of carbonyl (C=O) groups is 1. The van der Waals surface area contributed by atoms with Gasteiger partial charge in [-0.05, 0) is 31.9 Å². The van der Waals surface area contributed by atoms with Gasteiger partial charge < -0.3 is 5.32 Å². The fraction of sp³-hybridized carbons (Fsp3) is 0.308. The number of allylic oxidation sites excluding steroid dienone is 2. The van der Waals surface area contributed by atoms with E-state index in [4.69, 9.17) is 0 Å². The van der Waals surface area contributed by atoms with E-state index in [0.717, 1.165) is 24.2 Å². The van der Waals surface area contributed by atoms with E-state index >= 15 is 0 Å². The van der Waals surface area contributed by atoms with Crippen molar-refractivity contribution in [2.45, 2.75) is 26.2 Å². The van der Waals surface area contributed by atoms with Crippen LogP contribution >= 0.6 is 0 Å². The standard InChI is InChI=1S/C13H15NO/c1-10-6-8-11(9-7-10)14-12-4-2-3-5-13(12)15/h4,6-9,14H,2-3,5H2,1H3. The molecule has 1 aliphatic rings. The van der Waals surface area contributed by atoms with Crippen LogP contribution in [0, 0.1) is 6.92 Å². The number of hydrogen-bond acceptors (Lipinski definition) is 2. The molecule has 0 fully saturated rings. The second-order valence-electron chi connectivity index (χ2n) is 3.92. The monoisotopic (exact) mass is 201 g/mol. The number of anilines is 1. The molecule has 0 saturated heterocycles. The molecule has 0 aliphatic heterocycles. The quantitative estimate of drug-likeness (QED) is 0.796. The molecule has 78 valence electrons. The highest BCUT2D eigenvalue weighted by Gasteiger charge is 2.12. The van der Waals surface area contributed by atoms with Crippen LogP contribution in [-0.2, 0) is 4.79 Å². The summed E-state index contributed by atoms with van der Waals surface area (Å²) in [4.78, 5) is 11.5. The minimum Gasteiger partial charge on any atom is -0.353 e. The number of carbonyl (C=O) groups excluding carboxylic acids is 1. The summed E-state index contributed by atoms with van der Waals surface area (Å²) in [5, 5.41) is 3.17. The van der Waals surface area contributed by atoms with Crippen molar-refractivity contribution < 1.29 is 4.79 Å². The maximum atomic E-state index is 11.5. The smallest absolute Gasteiger partial charge is 0.178 e. The van der Waals surface area contributed by atoms with Crippen molar-refractivity contribution in [2.24, 2.45) is 0 Å². The first-order chi connectivity index (χ1) is 7.25. The molecule has 0 heterocycles. The highest BCUT2D eigenvalue weighted by atomic mass is 16.1. The van der Waals surface area contributed by atoms with Gasteiger partial charge in [0.1, 0.15) is 0 Å². The average molecular weight is 201 g/mol. The second-order valence-corrected chi connectivity index (χ2v) is 3.92. The zero-order valence-corrected chi connectivity index (χ0v) is 8.92. The molecule has 0 amide bonds. The number of nitrogens with one attached hydrogen (secondary N) is 1. The fourth-order valence-corrected chi connectivity index (χ4v) is 1.67. The van der Waals surface area contributed by atoms with Crippen molar-refractivity contribution in [2.75, 3.05) is 5.32 Å². The van der Waals surface area contributed by atoms with Gasteiger partial charge in [-0.3, -0.25) is 4.79 Å². The van der Waals surface area contributed by atoms with Gasteiger partial charge in [-0.2, -0.15) is 0 Å². The van der Waals surface area contributed by atoms with Crippen molar-refractivity contribution in [1.82, 2.24) is 0 Å². The molecule has 0 aromatic heterocycles. The predicted octanol–water partition coefficient (Wildman–Crippen LogP) is 3.04. The molecule has 0 radical (unpaired) electrons. The van der Waals surface area contributed by atoms with Gasteiger partial charge in [-0.15, -0.1) is 0 Å². The number of aryl methyl sites for hydroxylation is 1. The molecule has 15 heavy (non-hydrogen) atoms. The molecule has 2 nitrogen and oxygen atoms in total. The van der Waals surface area contributed by atoms with Crippen LogP contribution in [0.3, 0.4) is 0 Å². The van der Waals surface area contributed by atoms with Gasteiger partial charge in [0.05, 0.1) is 5.70 Å². The van der Waals surface area contributed by atoms with E-state index in [9.17, 15) is 4.79 Å². The van der Waals surface area contributed by atoms with Gasteiger partial charge in [0, 0.05) is 12.1 Å². The van der Waals surface area contributed by atoms with Crippen LogP contribution in [0.1, 0.15) is 24.8 Å². The first kappa shape index (κ1) is 9.97. The molecule has 0 bridgehead atoms. The SMILES string of the molecule is Cc1ccc(NC2=CCCCC2=O)cc1. The molecule has 2 rings (SSSR count). The first-order valence-electron chi connectivity index (χ1n) is 5.33. The summed E-state index contributed by atoms with van der Waals surface area (Å²) in [6.07, 6.45) is 4.65. The number of rotatable bonds is 2. The Morgan fingerprint density at radius 3 is 2.60 bits per heavy atom. The third kappa shape index (κ3) is 2.46.